The number of hydrogen-bond acceptors (Lipinski definition) is 6. The van der Waals surface area contributed by atoms with Crippen molar-refractivity contribution >= 4 is 11.6 Å². The highest BCUT2D eigenvalue weighted by Crippen LogP contribution is 2.38. The maximum Gasteiger partial charge on any atom is 0.293 e. The Balaban J connectivity index is 1.76. The summed E-state index contributed by atoms with van der Waals surface area (Å²) in [7, 11) is 0. The summed E-state index contributed by atoms with van der Waals surface area (Å²) < 4.78 is 65.8. The zero-order valence-electron chi connectivity index (χ0n) is 18.2. The van der Waals surface area contributed by atoms with Crippen molar-refractivity contribution in [2.45, 2.75) is 32.0 Å². The monoisotopic (exact) mass is 476 g/mol. The molecular weight excluding hydrogens is 456 g/mol. The third-order valence-electron chi connectivity index (χ3n) is 5.00. The lowest BCUT2D eigenvalue weighted by Gasteiger charge is -2.30. The molecule has 7 nitrogen and oxygen atoms in total. The summed E-state index contributed by atoms with van der Waals surface area (Å²) in [6, 6.07) is 4.18. The van der Waals surface area contributed by atoms with Gasteiger partial charge in [-0.15, -0.1) is 0 Å². The summed E-state index contributed by atoms with van der Waals surface area (Å²) in [6.07, 6.45) is 2.53. The van der Waals surface area contributed by atoms with Gasteiger partial charge >= 0.3 is 0 Å². The van der Waals surface area contributed by atoms with Gasteiger partial charge in [-0.2, -0.15) is 0 Å². The van der Waals surface area contributed by atoms with E-state index in [1.165, 1.54) is 24.7 Å². The van der Waals surface area contributed by atoms with Crippen LogP contribution in [-0.4, -0.2) is 40.0 Å². The van der Waals surface area contributed by atoms with Crippen LogP contribution in [-0.2, 0) is 9.47 Å². The van der Waals surface area contributed by atoms with E-state index in [-0.39, 0.29) is 34.0 Å². The number of amides is 1. The van der Waals surface area contributed by atoms with Gasteiger partial charge in [0.25, 0.3) is 11.8 Å². The van der Waals surface area contributed by atoms with Crippen molar-refractivity contribution in [1.29, 1.82) is 0 Å². The molecule has 11 heteroatoms. The zero-order chi connectivity index (χ0) is 24.5. The number of halogens is 4. The van der Waals surface area contributed by atoms with Crippen LogP contribution < -0.4 is 5.32 Å². The van der Waals surface area contributed by atoms with Crippen molar-refractivity contribution in [3.05, 3.63) is 71.6 Å². The standard InChI is InChI=1S/C23H20F4N4O3/c1-12(2)20-29-8-13(9-30-20)21(32)31-18-15(16-7-14(24)3-4-17(16)25)5-6-28-19(18)22-33-10-23(26,27)11-34-22/h3-9,12,22H,10-11H2,1-2H3,(H,31,32). The molecule has 1 aliphatic heterocycles. The van der Waals surface area contributed by atoms with Gasteiger partial charge in [0.2, 0.25) is 6.29 Å². The Morgan fingerprint density at radius 1 is 1.06 bits per heavy atom. The Kier molecular flexibility index (Phi) is 6.58. The summed E-state index contributed by atoms with van der Waals surface area (Å²) in [5, 5.41) is 2.59. The fraction of sp³-hybridized carbons (Fsp3) is 0.304. The number of aromatic nitrogens is 3. The molecular formula is C23H20F4N4O3. The van der Waals surface area contributed by atoms with E-state index in [1.807, 2.05) is 13.8 Å². The number of nitrogens with zero attached hydrogens (tertiary/aromatic N) is 3. The van der Waals surface area contributed by atoms with Crippen LogP contribution in [0.25, 0.3) is 11.1 Å². The number of nitrogens with one attached hydrogen (secondary N) is 1. The molecule has 0 saturated carbocycles. The van der Waals surface area contributed by atoms with Gasteiger partial charge in [0.05, 0.1) is 11.3 Å². The fourth-order valence-corrected chi connectivity index (χ4v) is 3.30. The van der Waals surface area contributed by atoms with Gasteiger partial charge in [0.1, 0.15) is 36.4 Å². The van der Waals surface area contributed by atoms with Crippen LogP contribution in [0.5, 0.6) is 0 Å². The molecule has 3 aromatic rings. The van der Waals surface area contributed by atoms with Gasteiger partial charge in [-0.3, -0.25) is 9.78 Å². The number of anilines is 1. The molecule has 34 heavy (non-hydrogen) atoms. The number of hydrogen-bond donors (Lipinski definition) is 1. The molecule has 0 radical (unpaired) electrons. The first-order chi connectivity index (χ1) is 16.1. The quantitative estimate of drug-likeness (QED) is 0.529. The Morgan fingerprint density at radius 3 is 2.38 bits per heavy atom. The highest BCUT2D eigenvalue weighted by atomic mass is 19.3. The Morgan fingerprint density at radius 2 is 1.74 bits per heavy atom. The zero-order valence-corrected chi connectivity index (χ0v) is 18.2. The molecule has 1 aliphatic rings. The van der Waals surface area contributed by atoms with Crippen molar-refractivity contribution in [2.75, 3.05) is 18.5 Å². The normalized spacial score (nSPS) is 16.0. The van der Waals surface area contributed by atoms with Crippen LogP contribution in [0.3, 0.4) is 0 Å². The molecule has 1 fully saturated rings. The van der Waals surface area contributed by atoms with Crippen LogP contribution in [0.15, 0.2) is 42.9 Å². The molecule has 0 aliphatic carbocycles. The van der Waals surface area contributed by atoms with Crippen molar-refractivity contribution in [1.82, 2.24) is 15.0 Å². The van der Waals surface area contributed by atoms with Crippen LogP contribution in [0.1, 0.15) is 47.9 Å². The van der Waals surface area contributed by atoms with Gasteiger partial charge in [-0.1, -0.05) is 13.8 Å². The lowest BCUT2D eigenvalue weighted by Crippen LogP contribution is -2.37. The van der Waals surface area contributed by atoms with E-state index in [4.69, 9.17) is 9.47 Å². The summed E-state index contributed by atoms with van der Waals surface area (Å²) in [5.74, 6) is -4.77. The average Bonchev–Trinajstić information content (AvgIpc) is 2.81. The molecule has 3 heterocycles. The topological polar surface area (TPSA) is 86.2 Å². The molecule has 2 aromatic heterocycles. The first-order valence-corrected chi connectivity index (χ1v) is 10.3. The smallest absolute Gasteiger partial charge is 0.293 e. The second kappa shape index (κ2) is 9.43. The summed E-state index contributed by atoms with van der Waals surface area (Å²) in [4.78, 5) is 25.4. The van der Waals surface area contributed by atoms with E-state index >= 15 is 0 Å². The Labute approximate surface area is 192 Å². The average molecular weight is 476 g/mol. The van der Waals surface area contributed by atoms with Gasteiger partial charge < -0.3 is 14.8 Å². The van der Waals surface area contributed by atoms with Gasteiger partial charge in [0, 0.05) is 35.6 Å². The number of ether oxygens (including phenoxy) is 2. The molecule has 1 amide bonds. The lowest BCUT2D eigenvalue weighted by molar-refractivity contribution is -0.272. The Hall–Kier alpha value is -3.44. The number of carbonyl (C=O) groups excluding carboxylic acids is 1. The van der Waals surface area contributed by atoms with Crippen molar-refractivity contribution < 1.29 is 31.8 Å². The highest BCUT2D eigenvalue weighted by molar-refractivity contribution is 6.06. The van der Waals surface area contributed by atoms with E-state index in [0.29, 0.717) is 5.82 Å². The second-order valence-electron chi connectivity index (χ2n) is 7.99. The largest absolute Gasteiger partial charge is 0.341 e. The third kappa shape index (κ3) is 5.05. The van der Waals surface area contributed by atoms with Crippen molar-refractivity contribution in [3.63, 3.8) is 0 Å². The molecule has 1 N–H and O–H groups in total. The van der Waals surface area contributed by atoms with Crippen molar-refractivity contribution in [3.8, 4) is 11.1 Å². The van der Waals surface area contributed by atoms with Gasteiger partial charge in [-0.25, -0.2) is 27.5 Å². The maximum atomic E-state index is 14.6. The van der Waals surface area contributed by atoms with E-state index in [9.17, 15) is 22.4 Å². The molecule has 0 bridgehead atoms. The number of carbonyl (C=O) groups is 1. The number of pyridine rings is 1. The van der Waals surface area contributed by atoms with Crippen LogP contribution in [0.2, 0.25) is 0 Å². The first-order valence-electron chi connectivity index (χ1n) is 10.3. The number of alkyl halides is 2. The van der Waals surface area contributed by atoms with E-state index in [2.05, 4.69) is 20.3 Å². The minimum atomic E-state index is -3.19. The van der Waals surface area contributed by atoms with Gasteiger partial charge in [0.15, 0.2) is 0 Å². The van der Waals surface area contributed by atoms with Crippen molar-refractivity contribution in [2.24, 2.45) is 0 Å². The lowest BCUT2D eigenvalue weighted by atomic mass is 10.0. The highest BCUT2D eigenvalue weighted by Gasteiger charge is 2.39. The van der Waals surface area contributed by atoms with E-state index in [0.717, 1.165) is 18.2 Å². The summed E-state index contributed by atoms with van der Waals surface area (Å²) in [6.45, 7) is 1.92. The van der Waals surface area contributed by atoms with Crippen LogP contribution in [0, 0.1) is 11.6 Å². The molecule has 0 atom stereocenters. The number of benzene rings is 1. The molecule has 4 rings (SSSR count). The molecule has 1 aromatic carbocycles. The minimum Gasteiger partial charge on any atom is -0.341 e. The predicted molar refractivity (Wildman–Crippen MR) is 113 cm³/mol. The fourth-order valence-electron chi connectivity index (χ4n) is 3.30. The number of rotatable bonds is 5. The predicted octanol–water partition coefficient (Wildman–Crippen LogP) is 4.87. The first kappa shape index (κ1) is 23.7. The maximum absolute atomic E-state index is 14.6. The third-order valence-corrected chi connectivity index (χ3v) is 5.00. The molecule has 0 unspecified atom stereocenters. The minimum absolute atomic E-state index is 0.0447. The van der Waals surface area contributed by atoms with Gasteiger partial charge in [-0.05, 0) is 24.3 Å². The second-order valence-corrected chi connectivity index (χ2v) is 7.99. The summed E-state index contributed by atoms with van der Waals surface area (Å²) >= 11 is 0. The molecule has 0 spiro atoms. The van der Waals surface area contributed by atoms with E-state index in [1.54, 1.807) is 0 Å². The molecule has 178 valence electrons. The SMILES string of the molecule is CC(C)c1ncc(C(=O)Nc2c(-c3cc(F)ccc3F)ccnc2C2OCC(F)(F)CO2)cn1. The van der Waals surface area contributed by atoms with E-state index < -0.39 is 43.0 Å². The summed E-state index contributed by atoms with van der Waals surface area (Å²) in [5.41, 5.74) is -0.196. The van der Waals surface area contributed by atoms with Crippen LogP contribution in [0.4, 0.5) is 23.2 Å². The van der Waals surface area contributed by atoms with Crippen LogP contribution >= 0.6 is 0 Å². The molecule has 1 saturated heterocycles. The Bertz CT molecular complexity index is 1200.